The molecule has 2 aromatic heterocycles. The summed E-state index contributed by atoms with van der Waals surface area (Å²) in [6.07, 6.45) is 2.90. The third-order valence-corrected chi connectivity index (χ3v) is 1.80. The van der Waals surface area contributed by atoms with Gasteiger partial charge in [-0.2, -0.15) is 0 Å². The molecule has 2 rings (SSSR count). The zero-order chi connectivity index (χ0) is 9.97. The van der Waals surface area contributed by atoms with E-state index in [0.717, 1.165) is 0 Å². The molecule has 0 atom stereocenters. The molecule has 0 aliphatic heterocycles. The van der Waals surface area contributed by atoms with Crippen molar-refractivity contribution in [3.8, 4) is 11.3 Å². The van der Waals surface area contributed by atoms with Crippen molar-refractivity contribution < 1.29 is 13.7 Å². The highest BCUT2D eigenvalue weighted by Gasteiger charge is 2.17. The van der Waals surface area contributed by atoms with Crippen LogP contribution in [0.2, 0.25) is 0 Å². The first-order valence-corrected chi connectivity index (χ1v) is 4.03. The van der Waals surface area contributed by atoms with E-state index >= 15 is 0 Å². The van der Waals surface area contributed by atoms with Gasteiger partial charge in [0.2, 0.25) is 0 Å². The fourth-order valence-corrected chi connectivity index (χ4v) is 1.13. The molecule has 0 fully saturated rings. The Morgan fingerprint density at radius 3 is 3.07 bits per heavy atom. The second-order valence-corrected chi connectivity index (χ2v) is 2.63. The van der Waals surface area contributed by atoms with Crippen molar-refractivity contribution in [2.75, 3.05) is 7.05 Å². The number of amides is 1. The Morgan fingerprint density at radius 1 is 1.57 bits per heavy atom. The summed E-state index contributed by atoms with van der Waals surface area (Å²) in [5.41, 5.74) is 0.775. The number of hydrogen-bond acceptors (Lipinski definition) is 4. The first-order chi connectivity index (χ1) is 6.83. The molecular formula is C9H8N2O3. The van der Waals surface area contributed by atoms with Crippen LogP contribution in [-0.4, -0.2) is 18.1 Å². The predicted molar refractivity (Wildman–Crippen MR) is 47.6 cm³/mol. The van der Waals surface area contributed by atoms with Crippen molar-refractivity contribution in [2.45, 2.75) is 0 Å². The lowest BCUT2D eigenvalue weighted by Gasteiger charge is -1.95. The minimum absolute atomic E-state index is 0.224. The molecule has 1 N–H and O–H groups in total. The van der Waals surface area contributed by atoms with Crippen molar-refractivity contribution in [1.82, 2.24) is 10.5 Å². The van der Waals surface area contributed by atoms with E-state index in [1.165, 1.54) is 19.6 Å². The number of furan rings is 1. The highest BCUT2D eigenvalue weighted by Crippen LogP contribution is 2.22. The van der Waals surface area contributed by atoms with E-state index < -0.39 is 0 Å². The zero-order valence-corrected chi connectivity index (χ0v) is 7.48. The topological polar surface area (TPSA) is 68.3 Å². The fraction of sp³-hybridized carbons (Fsp3) is 0.111. The molecule has 72 valence electrons. The lowest BCUT2D eigenvalue weighted by molar-refractivity contribution is 0.0954. The third-order valence-electron chi connectivity index (χ3n) is 1.80. The molecule has 0 unspecified atom stereocenters. The molecule has 0 saturated heterocycles. The molecule has 5 nitrogen and oxygen atoms in total. The average molecular weight is 192 g/mol. The highest BCUT2D eigenvalue weighted by atomic mass is 16.5. The maximum absolute atomic E-state index is 11.3. The van der Waals surface area contributed by atoms with Crippen LogP contribution in [0.4, 0.5) is 0 Å². The van der Waals surface area contributed by atoms with E-state index in [-0.39, 0.29) is 11.6 Å². The molecule has 0 aliphatic rings. The Balaban J connectivity index is 2.45. The van der Waals surface area contributed by atoms with E-state index in [0.29, 0.717) is 11.3 Å². The summed E-state index contributed by atoms with van der Waals surface area (Å²) in [5.74, 6) is 0.259. The normalized spacial score (nSPS) is 10.1. The zero-order valence-electron chi connectivity index (χ0n) is 7.48. The van der Waals surface area contributed by atoms with Crippen molar-refractivity contribution in [1.29, 1.82) is 0 Å². The minimum Gasteiger partial charge on any atom is -0.464 e. The summed E-state index contributed by atoms with van der Waals surface area (Å²) in [4.78, 5) is 11.3. The van der Waals surface area contributed by atoms with Crippen LogP contribution in [0.5, 0.6) is 0 Å². The lowest BCUT2D eigenvalue weighted by atomic mass is 10.2. The molecule has 0 saturated carbocycles. The van der Waals surface area contributed by atoms with E-state index in [2.05, 4.69) is 10.5 Å². The monoisotopic (exact) mass is 192 g/mol. The highest BCUT2D eigenvalue weighted by molar-refractivity contribution is 5.97. The van der Waals surface area contributed by atoms with Gasteiger partial charge >= 0.3 is 0 Å². The van der Waals surface area contributed by atoms with Gasteiger partial charge in [0, 0.05) is 7.05 Å². The van der Waals surface area contributed by atoms with Crippen molar-refractivity contribution in [2.24, 2.45) is 0 Å². The van der Waals surface area contributed by atoms with Gasteiger partial charge in [-0.25, -0.2) is 0 Å². The fourth-order valence-electron chi connectivity index (χ4n) is 1.13. The number of nitrogens with zero attached hydrogens (tertiary/aromatic N) is 1. The predicted octanol–water partition coefficient (Wildman–Crippen LogP) is 1.29. The van der Waals surface area contributed by atoms with Crippen LogP contribution in [0.1, 0.15) is 10.5 Å². The molecule has 2 aromatic rings. The molecule has 0 bridgehead atoms. The standard InChI is InChI=1S/C9H8N2O3/c1-10-9(12)8-6(5-14-11-8)7-3-2-4-13-7/h2-5H,1H3,(H,10,12). The molecular weight excluding hydrogens is 184 g/mol. The van der Waals surface area contributed by atoms with Gasteiger partial charge in [0.05, 0.1) is 11.8 Å². The van der Waals surface area contributed by atoms with Crippen LogP contribution >= 0.6 is 0 Å². The molecule has 14 heavy (non-hydrogen) atoms. The van der Waals surface area contributed by atoms with Gasteiger partial charge in [0.1, 0.15) is 12.0 Å². The molecule has 0 radical (unpaired) electrons. The summed E-state index contributed by atoms with van der Waals surface area (Å²) >= 11 is 0. The van der Waals surface area contributed by atoms with Gasteiger partial charge in [-0.3, -0.25) is 4.79 Å². The Labute approximate surface area is 79.7 Å². The Bertz CT molecular complexity index is 431. The van der Waals surface area contributed by atoms with Gasteiger partial charge in [0.15, 0.2) is 5.69 Å². The summed E-state index contributed by atoms with van der Waals surface area (Å²) in [7, 11) is 1.53. The van der Waals surface area contributed by atoms with E-state index in [1.54, 1.807) is 12.1 Å². The number of rotatable bonds is 2. The molecule has 1 amide bonds. The molecule has 0 spiro atoms. The number of nitrogens with one attached hydrogen (secondary N) is 1. The Hall–Kier alpha value is -2.04. The minimum atomic E-state index is -0.301. The van der Waals surface area contributed by atoms with Crippen molar-refractivity contribution >= 4 is 5.91 Å². The first kappa shape index (κ1) is 8.55. The van der Waals surface area contributed by atoms with Crippen LogP contribution in [0.25, 0.3) is 11.3 Å². The Morgan fingerprint density at radius 2 is 2.43 bits per heavy atom. The summed E-state index contributed by atoms with van der Waals surface area (Å²) in [6.45, 7) is 0. The van der Waals surface area contributed by atoms with Crippen LogP contribution in [-0.2, 0) is 0 Å². The summed E-state index contributed by atoms with van der Waals surface area (Å²) < 4.78 is 9.85. The molecule has 2 heterocycles. The largest absolute Gasteiger partial charge is 0.464 e. The number of carbonyl (C=O) groups excluding carboxylic acids is 1. The average Bonchev–Trinajstić information content (AvgIpc) is 2.85. The SMILES string of the molecule is CNC(=O)c1nocc1-c1ccco1. The van der Waals surface area contributed by atoms with E-state index in [4.69, 9.17) is 8.94 Å². The summed E-state index contributed by atoms with van der Waals surface area (Å²) in [5, 5.41) is 6.06. The number of aromatic nitrogens is 1. The first-order valence-electron chi connectivity index (χ1n) is 4.03. The van der Waals surface area contributed by atoms with Gasteiger partial charge < -0.3 is 14.3 Å². The van der Waals surface area contributed by atoms with E-state index in [1.807, 2.05) is 0 Å². The van der Waals surface area contributed by atoms with Gasteiger partial charge in [-0.05, 0) is 12.1 Å². The molecule has 5 heteroatoms. The lowest BCUT2D eigenvalue weighted by Crippen LogP contribution is -2.18. The third kappa shape index (κ3) is 1.28. The van der Waals surface area contributed by atoms with Crippen molar-refractivity contribution in [3.63, 3.8) is 0 Å². The smallest absolute Gasteiger partial charge is 0.273 e. The van der Waals surface area contributed by atoms with Gasteiger partial charge in [0.25, 0.3) is 5.91 Å². The maximum Gasteiger partial charge on any atom is 0.273 e. The number of hydrogen-bond donors (Lipinski definition) is 1. The number of carbonyl (C=O) groups is 1. The van der Waals surface area contributed by atoms with Crippen LogP contribution in [0.15, 0.2) is 33.6 Å². The quantitative estimate of drug-likeness (QED) is 0.778. The second kappa shape index (κ2) is 3.37. The van der Waals surface area contributed by atoms with Gasteiger partial charge in [-0.15, -0.1) is 0 Å². The van der Waals surface area contributed by atoms with Gasteiger partial charge in [-0.1, -0.05) is 5.16 Å². The maximum atomic E-state index is 11.3. The van der Waals surface area contributed by atoms with E-state index in [9.17, 15) is 4.79 Å². The van der Waals surface area contributed by atoms with Crippen LogP contribution in [0.3, 0.4) is 0 Å². The van der Waals surface area contributed by atoms with Crippen LogP contribution in [0, 0.1) is 0 Å². The Kier molecular flexibility index (Phi) is 2.06. The molecule has 0 aliphatic carbocycles. The van der Waals surface area contributed by atoms with Crippen LogP contribution < -0.4 is 5.32 Å². The molecule has 0 aromatic carbocycles. The second-order valence-electron chi connectivity index (χ2n) is 2.63. The summed E-state index contributed by atoms with van der Waals surface area (Å²) in [6, 6.07) is 3.47. The van der Waals surface area contributed by atoms with Crippen molar-refractivity contribution in [3.05, 3.63) is 30.4 Å².